The minimum absolute atomic E-state index is 0.435. The Kier molecular flexibility index (Phi) is 2.67. The average Bonchev–Trinajstić information content (AvgIpc) is 3.02. The molecule has 3 heterocycles. The van der Waals surface area contributed by atoms with Crippen LogP contribution in [0.4, 0.5) is 5.00 Å². The van der Waals surface area contributed by atoms with E-state index in [9.17, 15) is 0 Å². The molecule has 5 nitrogen and oxygen atoms in total. The van der Waals surface area contributed by atoms with Gasteiger partial charge in [0.05, 0.1) is 16.8 Å². The van der Waals surface area contributed by atoms with Gasteiger partial charge in [0.15, 0.2) is 5.76 Å². The van der Waals surface area contributed by atoms with Crippen molar-refractivity contribution in [2.75, 3.05) is 5.73 Å². The zero-order valence-corrected chi connectivity index (χ0v) is 11.7. The molecule has 3 aromatic rings. The molecule has 0 aliphatic carbocycles. The van der Waals surface area contributed by atoms with Gasteiger partial charge in [0, 0.05) is 4.88 Å². The molecule has 0 unspecified atom stereocenters. The molecule has 0 radical (unpaired) electrons. The Balaban J connectivity index is 2.09. The van der Waals surface area contributed by atoms with Gasteiger partial charge < -0.3 is 14.7 Å². The van der Waals surface area contributed by atoms with Crippen LogP contribution in [0.2, 0.25) is 0 Å². The van der Waals surface area contributed by atoms with Crippen molar-refractivity contribution in [3.05, 3.63) is 28.3 Å². The molecule has 19 heavy (non-hydrogen) atoms. The lowest BCUT2D eigenvalue weighted by atomic mass is 10.1. The third kappa shape index (κ3) is 1.84. The van der Waals surface area contributed by atoms with Crippen molar-refractivity contribution in [2.45, 2.75) is 20.8 Å². The summed E-state index contributed by atoms with van der Waals surface area (Å²) >= 11 is 1.53. The summed E-state index contributed by atoms with van der Waals surface area (Å²) in [7, 11) is 0. The van der Waals surface area contributed by atoms with Crippen LogP contribution in [0.5, 0.6) is 0 Å². The van der Waals surface area contributed by atoms with Gasteiger partial charge in [0.2, 0.25) is 5.82 Å². The number of furan rings is 1. The summed E-state index contributed by atoms with van der Waals surface area (Å²) in [6.07, 6.45) is 1.61. The van der Waals surface area contributed by atoms with Gasteiger partial charge in [0.1, 0.15) is 0 Å². The zero-order valence-electron chi connectivity index (χ0n) is 10.9. The van der Waals surface area contributed by atoms with Crippen LogP contribution in [0.15, 0.2) is 21.3 Å². The number of anilines is 1. The van der Waals surface area contributed by atoms with Gasteiger partial charge in [-0.2, -0.15) is 4.98 Å². The second kappa shape index (κ2) is 4.24. The fraction of sp³-hybridized carbons (Fsp3) is 0.231. The second-order valence-corrected chi connectivity index (χ2v) is 5.63. The second-order valence-electron chi connectivity index (χ2n) is 4.38. The molecular formula is C13H13N3O2S. The summed E-state index contributed by atoms with van der Waals surface area (Å²) in [5.41, 5.74) is 8.87. The van der Waals surface area contributed by atoms with E-state index >= 15 is 0 Å². The van der Waals surface area contributed by atoms with Crippen molar-refractivity contribution in [3.8, 4) is 23.0 Å². The number of thiophene rings is 1. The summed E-state index contributed by atoms with van der Waals surface area (Å²) < 4.78 is 10.7. The first-order chi connectivity index (χ1) is 9.08. The molecule has 0 bridgehead atoms. The zero-order chi connectivity index (χ0) is 13.6. The molecule has 0 aromatic carbocycles. The minimum atomic E-state index is 0.435. The lowest BCUT2D eigenvalue weighted by molar-refractivity contribution is 0.429. The van der Waals surface area contributed by atoms with Crippen LogP contribution in [0.25, 0.3) is 23.0 Å². The van der Waals surface area contributed by atoms with Crippen LogP contribution < -0.4 is 5.73 Å². The van der Waals surface area contributed by atoms with Crippen molar-refractivity contribution in [1.82, 2.24) is 10.1 Å². The standard InChI is InChI=1S/C13H13N3O2S/c1-6-4-5-17-10(6)12-15-13(18-16-12)9-7(2)8(3)19-11(9)14/h4-5H,14H2,1-3H3. The van der Waals surface area contributed by atoms with Crippen molar-refractivity contribution in [1.29, 1.82) is 0 Å². The van der Waals surface area contributed by atoms with Crippen LogP contribution in [0, 0.1) is 20.8 Å². The smallest absolute Gasteiger partial charge is 0.261 e. The van der Waals surface area contributed by atoms with Crippen molar-refractivity contribution < 1.29 is 8.94 Å². The normalized spacial score (nSPS) is 11.1. The highest BCUT2D eigenvalue weighted by atomic mass is 32.1. The van der Waals surface area contributed by atoms with Gasteiger partial charge in [-0.25, -0.2) is 0 Å². The van der Waals surface area contributed by atoms with E-state index in [0.29, 0.717) is 22.5 Å². The van der Waals surface area contributed by atoms with Crippen LogP contribution in [0.1, 0.15) is 16.0 Å². The molecule has 0 amide bonds. The molecule has 0 aliphatic heterocycles. The number of aryl methyl sites for hydroxylation is 2. The Bertz CT molecular complexity index is 739. The molecule has 3 aromatic heterocycles. The lowest BCUT2D eigenvalue weighted by Gasteiger charge is -1.94. The summed E-state index contributed by atoms with van der Waals surface area (Å²) in [5, 5.41) is 4.65. The minimum Gasteiger partial charge on any atom is -0.461 e. The van der Waals surface area contributed by atoms with E-state index in [0.717, 1.165) is 21.6 Å². The van der Waals surface area contributed by atoms with E-state index in [1.54, 1.807) is 6.26 Å². The molecule has 0 fully saturated rings. The summed E-state index contributed by atoms with van der Waals surface area (Å²) in [6.45, 7) is 5.95. The first-order valence-corrected chi connectivity index (χ1v) is 6.63. The van der Waals surface area contributed by atoms with Gasteiger partial charge in [-0.1, -0.05) is 5.16 Å². The van der Waals surface area contributed by atoms with E-state index in [1.165, 1.54) is 11.3 Å². The predicted octanol–water partition coefficient (Wildman–Crippen LogP) is 3.57. The molecule has 2 N–H and O–H groups in total. The SMILES string of the molecule is Cc1ccoc1-c1noc(-c2c(N)sc(C)c2C)n1. The van der Waals surface area contributed by atoms with Crippen molar-refractivity contribution >= 4 is 16.3 Å². The van der Waals surface area contributed by atoms with Crippen molar-refractivity contribution in [2.24, 2.45) is 0 Å². The molecule has 0 atom stereocenters. The maximum absolute atomic E-state index is 6.00. The van der Waals surface area contributed by atoms with Crippen LogP contribution in [-0.2, 0) is 0 Å². The highest BCUT2D eigenvalue weighted by Gasteiger charge is 2.20. The Morgan fingerprint density at radius 2 is 2.05 bits per heavy atom. The maximum atomic E-state index is 6.00. The van der Waals surface area contributed by atoms with Gasteiger partial charge in [0.25, 0.3) is 5.89 Å². The summed E-state index contributed by atoms with van der Waals surface area (Å²) in [5.74, 6) is 1.50. The lowest BCUT2D eigenvalue weighted by Crippen LogP contribution is -1.86. The number of hydrogen-bond acceptors (Lipinski definition) is 6. The maximum Gasteiger partial charge on any atom is 0.261 e. The summed E-state index contributed by atoms with van der Waals surface area (Å²) in [6, 6.07) is 1.86. The van der Waals surface area contributed by atoms with Gasteiger partial charge in [-0.15, -0.1) is 11.3 Å². The fourth-order valence-electron chi connectivity index (χ4n) is 1.94. The van der Waals surface area contributed by atoms with Crippen LogP contribution >= 0.6 is 11.3 Å². The molecule has 0 saturated carbocycles. The van der Waals surface area contributed by atoms with Crippen LogP contribution in [0.3, 0.4) is 0 Å². The van der Waals surface area contributed by atoms with Crippen molar-refractivity contribution in [3.63, 3.8) is 0 Å². The first kappa shape index (κ1) is 12.0. The predicted molar refractivity (Wildman–Crippen MR) is 73.9 cm³/mol. The van der Waals surface area contributed by atoms with Gasteiger partial charge >= 0.3 is 0 Å². The summed E-state index contributed by atoms with van der Waals surface area (Å²) in [4.78, 5) is 5.53. The quantitative estimate of drug-likeness (QED) is 0.773. The topological polar surface area (TPSA) is 78.1 Å². The van der Waals surface area contributed by atoms with E-state index in [-0.39, 0.29) is 0 Å². The first-order valence-electron chi connectivity index (χ1n) is 5.82. The number of hydrogen-bond donors (Lipinski definition) is 1. The molecule has 0 aliphatic rings. The van der Waals surface area contributed by atoms with Crippen LogP contribution in [-0.4, -0.2) is 10.1 Å². The highest BCUT2D eigenvalue weighted by molar-refractivity contribution is 7.16. The molecule has 6 heteroatoms. The highest BCUT2D eigenvalue weighted by Crippen LogP contribution is 2.37. The largest absolute Gasteiger partial charge is 0.461 e. The Hall–Kier alpha value is -2.08. The van der Waals surface area contributed by atoms with E-state index in [1.807, 2.05) is 26.8 Å². The third-order valence-corrected chi connectivity index (χ3v) is 4.15. The number of nitrogens with zero attached hydrogens (tertiary/aromatic N) is 2. The van der Waals surface area contributed by atoms with E-state index in [4.69, 9.17) is 14.7 Å². The Morgan fingerprint density at radius 3 is 2.63 bits per heavy atom. The average molecular weight is 275 g/mol. The molecule has 0 spiro atoms. The fourth-order valence-corrected chi connectivity index (χ4v) is 2.87. The van der Waals surface area contributed by atoms with E-state index in [2.05, 4.69) is 10.1 Å². The van der Waals surface area contributed by atoms with Gasteiger partial charge in [-0.3, -0.25) is 0 Å². The van der Waals surface area contributed by atoms with Gasteiger partial charge in [-0.05, 0) is 38.0 Å². The Labute approximate surface area is 114 Å². The molecule has 0 saturated heterocycles. The third-order valence-electron chi connectivity index (χ3n) is 3.12. The Morgan fingerprint density at radius 1 is 1.26 bits per heavy atom. The number of rotatable bonds is 2. The number of aromatic nitrogens is 2. The monoisotopic (exact) mass is 275 g/mol. The number of nitrogens with two attached hydrogens (primary N) is 1. The molecule has 98 valence electrons. The molecular weight excluding hydrogens is 262 g/mol. The molecule has 3 rings (SSSR count). The van der Waals surface area contributed by atoms with E-state index < -0.39 is 0 Å². The number of nitrogen functional groups attached to an aromatic ring is 1.